The molecule has 0 spiro atoms. The Morgan fingerprint density at radius 2 is 1.90 bits per heavy atom. The maximum absolute atomic E-state index is 11.3. The molecule has 108 valence electrons. The third-order valence-corrected chi connectivity index (χ3v) is 2.41. The molecule has 0 unspecified atom stereocenters. The molecule has 0 aromatic heterocycles. The summed E-state index contributed by atoms with van der Waals surface area (Å²) < 4.78 is 4.91. The van der Waals surface area contributed by atoms with Gasteiger partial charge in [-0.05, 0) is 12.5 Å². The number of benzene rings is 1. The molecule has 7 heteroatoms. The molecule has 7 nitrogen and oxygen atoms in total. The van der Waals surface area contributed by atoms with Gasteiger partial charge in [0.05, 0.1) is 0 Å². The fourth-order valence-electron chi connectivity index (χ4n) is 1.29. The molecule has 1 rings (SSSR count). The third-order valence-electron chi connectivity index (χ3n) is 2.41. The van der Waals surface area contributed by atoms with Crippen LogP contribution in [-0.4, -0.2) is 30.5 Å². The topological polar surface area (TPSA) is 111 Å². The number of nitrogens with one attached hydrogen (secondary N) is 2. The Labute approximate surface area is 116 Å². The molecule has 0 aliphatic heterocycles. The van der Waals surface area contributed by atoms with Crippen molar-refractivity contribution in [2.24, 2.45) is 5.73 Å². The van der Waals surface area contributed by atoms with Gasteiger partial charge in [0.15, 0.2) is 0 Å². The number of rotatable bonds is 6. The Hall–Kier alpha value is -2.57. The Kier molecular flexibility index (Phi) is 6.02. The summed E-state index contributed by atoms with van der Waals surface area (Å²) in [4.78, 5) is 33.4. The smallest absolute Gasteiger partial charge is 0.407 e. The van der Waals surface area contributed by atoms with Crippen LogP contribution in [0.15, 0.2) is 30.3 Å². The van der Waals surface area contributed by atoms with E-state index in [-0.39, 0.29) is 13.2 Å². The molecule has 1 aromatic carbocycles. The van der Waals surface area contributed by atoms with Crippen LogP contribution in [0.25, 0.3) is 0 Å². The van der Waals surface area contributed by atoms with Crippen LogP contribution in [0.2, 0.25) is 0 Å². The molecule has 0 aliphatic carbocycles. The third kappa shape index (κ3) is 5.85. The average Bonchev–Trinajstić information content (AvgIpc) is 2.43. The number of ether oxygens (including phenoxy) is 1. The first-order chi connectivity index (χ1) is 9.49. The Morgan fingerprint density at radius 1 is 1.25 bits per heavy atom. The van der Waals surface area contributed by atoms with Crippen molar-refractivity contribution in [1.82, 2.24) is 10.6 Å². The second-order valence-corrected chi connectivity index (χ2v) is 4.11. The van der Waals surface area contributed by atoms with Gasteiger partial charge in [-0.3, -0.25) is 9.59 Å². The minimum absolute atomic E-state index is 0.117. The quantitative estimate of drug-likeness (QED) is 0.675. The first-order valence-corrected chi connectivity index (χ1v) is 6.02. The van der Waals surface area contributed by atoms with Gasteiger partial charge in [0.25, 0.3) is 0 Å². The van der Waals surface area contributed by atoms with Gasteiger partial charge in [-0.15, -0.1) is 0 Å². The van der Waals surface area contributed by atoms with E-state index >= 15 is 0 Å². The van der Waals surface area contributed by atoms with Crippen LogP contribution in [0.1, 0.15) is 12.5 Å². The highest BCUT2D eigenvalue weighted by Crippen LogP contribution is 2.00. The average molecular weight is 279 g/mol. The van der Waals surface area contributed by atoms with Crippen molar-refractivity contribution in [3.05, 3.63) is 35.9 Å². The number of primary amides is 1. The molecule has 3 amide bonds. The van der Waals surface area contributed by atoms with E-state index in [1.165, 1.54) is 6.92 Å². The van der Waals surface area contributed by atoms with E-state index in [2.05, 4.69) is 10.6 Å². The number of carbonyl (C=O) groups is 3. The zero-order chi connectivity index (χ0) is 15.0. The number of alkyl carbamates (subject to hydrolysis) is 1. The molecule has 0 bridgehead atoms. The van der Waals surface area contributed by atoms with E-state index in [0.29, 0.717) is 0 Å². The number of hydrogen-bond acceptors (Lipinski definition) is 4. The van der Waals surface area contributed by atoms with Crippen LogP contribution < -0.4 is 16.4 Å². The number of carbonyl (C=O) groups excluding carboxylic acids is 3. The lowest BCUT2D eigenvalue weighted by molar-refractivity contribution is -0.126. The van der Waals surface area contributed by atoms with Gasteiger partial charge in [0.2, 0.25) is 11.8 Å². The maximum Gasteiger partial charge on any atom is 0.407 e. The normalized spacial score (nSPS) is 11.2. The molecule has 1 atom stereocenters. The molecule has 0 radical (unpaired) electrons. The molecule has 0 aliphatic rings. The second-order valence-electron chi connectivity index (χ2n) is 4.11. The summed E-state index contributed by atoms with van der Waals surface area (Å²) in [6.07, 6.45) is -0.712. The van der Waals surface area contributed by atoms with Crippen molar-refractivity contribution in [3.8, 4) is 0 Å². The Balaban J connectivity index is 2.23. The SMILES string of the molecule is C[C@H](NC(=O)CNC(=O)OCc1ccccc1)C(N)=O. The summed E-state index contributed by atoms with van der Waals surface area (Å²) in [6, 6.07) is 8.35. The van der Waals surface area contributed by atoms with Crippen LogP contribution >= 0.6 is 0 Å². The van der Waals surface area contributed by atoms with Crippen molar-refractivity contribution in [1.29, 1.82) is 0 Å². The number of amides is 3. The van der Waals surface area contributed by atoms with Crippen molar-refractivity contribution >= 4 is 17.9 Å². The second kappa shape index (κ2) is 7.78. The molecule has 0 heterocycles. The van der Waals surface area contributed by atoms with Gasteiger partial charge >= 0.3 is 6.09 Å². The fourth-order valence-corrected chi connectivity index (χ4v) is 1.29. The van der Waals surface area contributed by atoms with Gasteiger partial charge in [0, 0.05) is 0 Å². The zero-order valence-corrected chi connectivity index (χ0v) is 11.1. The highest BCUT2D eigenvalue weighted by atomic mass is 16.5. The number of hydrogen-bond donors (Lipinski definition) is 3. The lowest BCUT2D eigenvalue weighted by Gasteiger charge is -2.11. The van der Waals surface area contributed by atoms with Gasteiger partial charge in [0.1, 0.15) is 19.2 Å². The Bertz CT molecular complexity index is 476. The summed E-state index contributed by atoms with van der Waals surface area (Å²) in [5, 5.41) is 4.60. The van der Waals surface area contributed by atoms with E-state index in [1.807, 2.05) is 30.3 Å². The largest absolute Gasteiger partial charge is 0.445 e. The minimum Gasteiger partial charge on any atom is -0.445 e. The number of nitrogens with two attached hydrogens (primary N) is 1. The molecular formula is C13H17N3O4. The maximum atomic E-state index is 11.3. The van der Waals surface area contributed by atoms with Gasteiger partial charge < -0.3 is 21.1 Å². The van der Waals surface area contributed by atoms with Crippen molar-refractivity contribution in [2.45, 2.75) is 19.6 Å². The van der Waals surface area contributed by atoms with E-state index in [4.69, 9.17) is 10.5 Å². The summed E-state index contributed by atoms with van der Waals surface area (Å²) in [6.45, 7) is 1.28. The van der Waals surface area contributed by atoms with Crippen LogP contribution in [0.4, 0.5) is 4.79 Å². The van der Waals surface area contributed by atoms with E-state index in [1.54, 1.807) is 0 Å². The minimum atomic E-state index is -0.787. The van der Waals surface area contributed by atoms with Crippen LogP contribution in [0.3, 0.4) is 0 Å². The highest BCUT2D eigenvalue weighted by molar-refractivity contribution is 5.88. The predicted molar refractivity (Wildman–Crippen MR) is 71.4 cm³/mol. The summed E-state index contributed by atoms with van der Waals surface area (Å²) in [5.74, 6) is -1.17. The van der Waals surface area contributed by atoms with Crippen LogP contribution in [0.5, 0.6) is 0 Å². The zero-order valence-electron chi connectivity index (χ0n) is 11.1. The van der Waals surface area contributed by atoms with Crippen molar-refractivity contribution in [2.75, 3.05) is 6.54 Å². The monoisotopic (exact) mass is 279 g/mol. The summed E-state index contributed by atoms with van der Waals surface area (Å²) in [7, 11) is 0. The fraction of sp³-hybridized carbons (Fsp3) is 0.308. The molecule has 0 saturated heterocycles. The van der Waals surface area contributed by atoms with Crippen LogP contribution in [0, 0.1) is 0 Å². The predicted octanol–water partition coefficient (Wildman–Crippen LogP) is -0.0972. The molecule has 1 aromatic rings. The molecule has 4 N–H and O–H groups in total. The first-order valence-electron chi connectivity index (χ1n) is 6.02. The van der Waals surface area contributed by atoms with E-state index in [0.717, 1.165) is 5.56 Å². The van der Waals surface area contributed by atoms with E-state index in [9.17, 15) is 14.4 Å². The summed E-state index contributed by atoms with van der Waals surface area (Å²) >= 11 is 0. The lowest BCUT2D eigenvalue weighted by Crippen LogP contribution is -2.46. The van der Waals surface area contributed by atoms with Crippen molar-refractivity contribution in [3.63, 3.8) is 0 Å². The van der Waals surface area contributed by atoms with Gasteiger partial charge in [-0.1, -0.05) is 30.3 Å². The van der Waals surface area contributed by atoms with Gasteiger partial charge in [-0.25, -0.2) is 4.79 Å². The van der Waals surface area contributed by atoms with Crippen molar-refractivity contribution < 1.29 is 19.1 Å². The summed E-state index contributed by atoms with van der Waals surface area (Å²) in [5.41, 5.74) is 5.83. The molecule has 20 heavy (non-hydrogen) atoms. The Morgan fingerprint density at radius 3 is 2.50 bits per heavy atom. The highest BCUT2D eigenvalue weighted by Gasteiger charge is 2.12. The molecule has 0 saturated carbocycles. The van der Waals surface area contributed by atoms with Gasteiger partial charge in [-0.2, -0.15) is 0 Å². The molecular weight excluding hydrogens is 262 g/mol. The molecule has 0 fully saturated rings. The standard InChI is InChI=1S/C13H17N3O4/c1-9(12(14)18)16-11(17)7-15-13(19)20-8-10-5-3-2-4-6-10/h2-6,9H,7-8H2,1H3,(H2,14,18)(H,15,19)(H,16,17)/t9-/m0/s1. The van der Waals surface area contributed by atoms with E-state index < -0.39 is 23.9 Å². The first kappa shape index (κ1) is 15.5. The van der Waals surface area contributed by atoms with Crippen LogP contribution in [-0.2, 0) is 20.9 Å². The lowest BCUT2D eigenvalue weighted by atomic mass is 10.2.